The summed E-state index contributed by atoms with van der Waals surface area (Å²) in [6, 6.07) is 0.811. The van der Waals surface area contributed by atoms with Crippen molar-refractivity contribution in [3.8, 4) is 0 Å². The highest BCUT2D eigenvalue weighted by molar-refractivity contribution is 5.11. The molecule has 1 N–H and O–H groups in total. The first-order chi connectivity index (χ1) is 9.92. The topological polar surface area (TPSA) is 12.0 Å². The van der Waals surface area contributed by atoms with Crippen LogP contribution < -0.4 is 5.32 Å². The molecular weight excluding hydrogens is 254 g/mol. The molecule has 21 heavy (non-hydrogen) atoms. The molecule has 0 radical (unpaired) electrons. The molecule has 0 aliphatic heterocycles. The van der Waals surface area contributed by atoms with Gasteiger partial charge in [-0.2, -0.15) is 0 Å². The zero-order valence-corrected chi connectivity index (χ0v) is 14.5. The van der Waals surface area contributed by atoms with E-state index in [0.717, 1.165) is 24.4 Å². The fourth-order valence-electron chi connectivity index (χ4n) is 7.72. The Morgan fingerprint density at radius 2 is 1.67 bits per heavy atom. The molecule has 0 aromatic heterocycles. The van der Waals surface area contributed by atoms with Gasteiger partial charge < -0.3 is 5.32 Å². The average Bonchev–Trinajstić information content (AvgIpc) is 3.07. The zero-order valence-electron chi connectivity index (χ0n) is 14.5. The van der Waals surface area contributed by atoms with Crippen LogP contribution in [0.4, 0.5) is 0 Å². The molecule has 5 rings (SSSR count). The lowest BCUT2D eigenvalue weighted by Gasteiger charge is -2.66. The minimum absolute atomic E-state index is 0.685. The number of rotatable bonds is 6. The van der Waals surface area contributed by atoms with Crippen molar-refractivity contribution in [2.45, 2.75) is 91.0 Å². The van der Waals surface area contributed by atoms with E-state index < -0.39 is 0 Å². The van der Waals surface area contributed by atoms with E-state index in [1.807, 2.05) is 0 Å². The van der Waals surface area contributed by atoms with Crippen molar-refractivity contribution >= 4 is 0 Å². The molecule has 0 heterocycles. The molecule has 5 aliphatic carbocycles. The van der Waals surface area contributed by atoms with Crippen molar-refractivity contribution in [2.24, 2.45) is 28.1 Å². The Balaban J connectivity index is 1.52. The maximum Gasteiger partial charge on any atom is 0.00748 e. The molecule has 4 bridgehead atoms. The average molecular weight is 290 g/mol. The van der Waals surface area contributed by atoms with E-state index in [4.69, 9.17) is 0 Å². The number of hydrogen-bond acceptors (Lipinski definition) is 1. The molecule has 3 atom stereocenters. The lowest BCUT2D eigenvalue weighted by Crippen LogP contribution is -2.56. The second kappa shape index (κ2) is 4.73. The van der Waals surface area contributed by atoms with Gasteiger partial charge in [-0.05, 0) is 86.0 Å². The fourth-order valence-corrected chi connectivity index (χ4v) is 7.72. The van der Waals surface area contributed by atoms with Gasteiger partial charge in [0.15, 0.2) is 0 Å². The van der Waals surface area contributed by atoms with Gasteiger partial charge in [-0.15, -0.1) is 0 Å². The summed E-state index contributed by atoms with van der Waals surface area (Å²) in [7, 11) is 0. The minimum atomic E-state index is 0.685. The molecule has 0 aromatic rings. The van der Waals surface area contributed by atoms with Crippen LogP contribution in [0.15, 0.2) is 0 Å². The van der Waals surface area contributed by atoms with E-state index in [1.54, 1.807) is 32.1 Å². The molecular formula is C20H35N. The van der Waals surface area contributed by atoms with E-state index in [1.165, 1.54) is 32.1 Å². The van der Waals surface area contributed by atoms with Crippen LogP contribution in [0.1, 0.15) is 85.0 Å². The molecule has 0 aromatic carbocycles. The van der Waals surface area contributed by atoms with Crippen LogP contribution in [0.2, 0.25) is 0 Å². The normalized spacial score (nSPS) is 49.6. The Labute approximate surface area is 131 Å². The van der Waals surface area contributed by atoms with Gasteiger partial charge in [-0.1, -0.05) is 33.6 Å². The van der Waals surface area contributed by atoms with Crippen LogP contribution in [0.3, 0.4) is 0 Å². The SMILES string of the molecule is CCNC(CC1CC1)CC12CC3CC(C)(CC(C)(C3)C1)C2. The number of nitrogens with one attached hydrogen (secondary N) is 1. The Morgan fingerprint density at radius 3 is 2.19 bits per heavy atom. The van der Waals surface area contributed by atoms with Gasteiger partial charge in [-0.25, -0.2) is 0 Å². The second-order valence-corrected chi connectivity index (χ2v) is 10.3. The summed E-state index contributed by atoms with van der Waals surface area (Å²) in [5.74, 6) is 2.12. The third-order valence-corrected chi connectivity index (χ3v) is 7.23. The maximum absolute atomic E-state index is 3.85. The highest BCUT2D eigenvalue weighted by Crippen LogP contribution is 2.70. The van der Waals surface area contributed by atoms with Gasteiger partial charge in [0.25, 0.3) is 0 Å². The van der Waals surface area contributed by atoms with Crippen LogP contribution >= 0.6 is 0 Å². The highest BCUT2D eigenvalue weighted by atomic mass is 14.9. The van der Waals surface area contributed by atoms with E-state index in [2.05, 4.69) is 26.1 Å². The highest BCUT2D eigenvalue weighted by Gasteiger charge is 2.60. The maximum atomic E-state index is 3.85. The van der Waals surface area contributed by atoms with Gasteiger partial charge in [0.2, 0.25) is 0 Å². The molecule has 0 spiro atoms. The lowest BCUT2D eigenvalue weighted by atomic mass is 9.39. The van der Waals surface area contributed by atoms with Crippen LogP contribution in [0.5, 0.6) is 0 Å². The first kappa shape index (κ1) is 14.5. The van der Waals surface area contributed by atoms with Gasteiger partial charge >= 0.3 is 0 Å². The van der Waals surface area contributed by atoms with E-state index in [-0.39, 0.29) is 0 Å². The van der Waals surface area contributed by atoms with Crippen molar-refractivity contribution in [3.05, 3.63) is 0 Å². The van der Waals surface area contributed by atoms with Gasteiger partial charge in [0, 0.05) is 6.04 Å². The Hall–Kier alpha value is -0.0400. The third-order valence-electron chi connectivity index (χ3n) is 7.23. The van der Waals surface area contributed by atoms with Gasteiger partial charge in [-0.3, -0.25) is 0 Å². The molecule has 0 saturated heterocycles. The largest absolute Gasteiger partial charge is 0.314 e. The van der Waals surface area contributed by atoms with E-state index >= 15 is 0 Å². The van der Waals surface area contributed by atoms with Crippen LogP contribution in [0, 0.1) is 28.1 Å². The Morgan fingerprint density at radius 1 is 1.00 bits per heavy atom. The minimum Gasteiger partial charge on any atom is -0.314 e. The quantitative estimate of drug-likeness (QED) is 0.713. The molecule has 5 fully saturated rings. The summed E-state index contributed by atoms with van der Waals surface area (Å²) >= 11 is 0. The van der Waals surface area contributed by atoms with Crippen LogP contribution in [-0.4, -0.2) is 12.6 Å². The molecule has 3 unspecified atom stereocenters. The summed E-state index contributed by atoms with van der Waals surface area (Å²) in [4.78, 5) is 0. The van der Waals surface area contributed by atoms with Crippen LogP contribution in [0.25, 0.3) is 0 Å². The summed E-state index contributed by atoms with van der Waals surface area (Å²) in [5.41, 5.74) is 2.07. The van der Waals surface area contributed by atoms with Crippen molar-refractivity contribution in [2.75, 3.05) is 6.54 Å². The van der Waals surface area contributed by atoms with Crippen LogP contribution in [-0.2, 0) is 0 Å². The monoisotopic (exact) mass is 289 g/mol. The smallest absolute Gasteiger partial charge is 0.00748 e. The van der Waals surface area contributed by atoms with E-state index in [9.17, 15) is 0 Å². The molecule has 1 heteroatoms. The zero-order chi connectivity index (χ0) is 14.7. The summed E-state index contributed by atoms with van der Waals surface area (Å²) in [6.07, 6.45) is 15.2. The Bertz CT molecular complexity index is 392. The summed E-state index contributed by atoms with van der Waals surface area (Å²) in [6.45, 7) is 8.69. The van der Waals surface area contributed by atoms with Gasteiger partial charge in [0.05, 0.1) is 0 Å². The molecule has 1 nitrogen and oxygen atoms in total. The predicted octanol–water partition coefficient (Wildman–Crippen LogP) is 5.15. The van der Waals surface area contributed by atoms with Crippen molar-refractivity contribution in [1.82, 2.24) is 5.32 Å². The number of hydrogen-bond donors (Lipinski definition) is 1. The Kier molecular flexibility index (Phi) is 3.27. The molecule has 120 valence electrons. The van der Waals surface area contributed by atoms with Crippen molar-refractivity contribution in [1.29, 1.82) is 0 Å². The summed E-state index contributed by atoms with van der Waals surface area (Å²) < 4.78 is 0. The summed E-state index contributed by atoms with van der Waals surface area (Å²) in [5, 5.41) is 3.85. The molecule has 5 aliphatic rings. The predicted molar refractivity (Wildman–Crippen MR) is 89.3 cm³/mol. The molecule has 0 amide bonds. The lowest BCUT2D eigenvalue weighted by molar-refractivity contribution is -0.150. The first-order valence-electron chi connectivity index (χ1n) is 9.65. The molecule has 5 saturated carbocycles. The van der Waals surface area contributed by atoms with E-state index in [0.29, 0.717) is 16.2 Å². The van der Waals surface area contributed by atoms with Crippen molar-refractivity contribution < 1.29 is 0 Å². The van der Waals surface area contributed by atoms with Gasteiger partial charge in [0.1, 0.15) is 0 Å². The fraction of sp³-hybridized carbons (Fsp3) is 1.00. The first-order valence-corrected chi connectivity index (χ1v) is 9.65. The van der Waals surface area contributed by atoms with Crippen molar-refractivity contribution in [3.63, 3.8) is 0 Å². The third kappa shape index (κ3) is 2.80. The second-order valence-electron chi connectivity index (χ2n) is 10.3. The standard InChI is InChI=1S/C20H35N/c1-4-21-17(7-15-5-6-15)11-20-10-16-8-18(2,13-20)12-19(3,9-16)14-20/h15-17,21H,4-14H2,1-3H3.